The molecule has 4 aromatic rings. The van der Waals surface area contributed by atoms with E-state index in [2.05, 4.69) is 14.9 Å². The molecule has 1 aliphatic rings. The Labute approximate surface area is 184 Å². The lowest BCUT2D eigenvalue weighted by molar-refractivity contribution is -0.133. The van der Waals surface area contributed by atoms with Gasteiger partial charge in [0, 0.05) is 43.7 Å². The smallest absolute Gasteiger partial charge is 0.336 e. The maximum Gasteiger partial charge on any atom is 0.336 e. The number of para-hydroxylation sites is 2. The minimum absolute atomic E-state index is 0.0721. The molecule has 1 amide bonds. The van der Waals surface area contributed by atoms with E-state index in [0.717, 1.165) is 27.8 Å². The Morgan fingerprint density at radius 3 is 2.66 bits per heavy atom. The van der Waals surface area contributed by atoms with E-state index in [9.17, 15) is 9.59 Å². The summed E-state index contributed by atoms with van der Waals surface area (Å²) < 4.78 is 10.9. The van der Waals surface area contributed by atoms with Gasteiger partial charge in [0.2, 0.25) is 0 Å². The number of amides is 1. The zero-order chi connectivity index (χ0) is 22.1. The van der Waals surface area contributed by atoms with Gasteiger partial charge >= 0.3 is 5.63 Å². The lowest BCUT2D eigenvalue weighted by atomic mass is 10.1. The van der Waals surface area contributed by atoms with Gasteiger partial charge < -0.3 is 19.0 Å². The van der Waals surface area contributed by atoms with E-state index in [1.54, 1.807) is 23.2 Å². The molecule has 0 aliphatic carbocycles. The fourth-order valence-electron chi connectivity index (χ4n) is 3.92. The summed E-state index contributed by atoms with van der Waals surface area (Å²) in [6, 6.07) is 14.5. The molecule has 0 bridgehead atoms. The Hall–Kier alpha value is -3.94. The van der Waals surface area contributed by atoms with Crippen LogP contribution in [-0.2, 0) is 4.79 Å². The van der Waals surface area contributed by atoms with E-state index < -0.39 is 5.63 Å². The summed E-state index contributed by atoms with van der Waals surface area (Å²) in [6.45, 7) is 4.31. The lowest BCUT2D eigenvalue weighted by Gasteiger charge is -2.35. The van der Waals surface area contributed by atoms with Crippen LogP contribution in [0.15, 0.2) is 63.9 Å². The Kier molecular flexibility index (Phi) is 5.18. The first-order chi connectivity index (χ1) is 15.6. The summed E-state index contributed by atoms with van der Waals surface area (Å²) >= 11 is 0. The SMILES string of the molecule is Cc1cc(=O)oc2cc(OCC(=O)N3CCN(c4cnc5ccccc5n4)CC3)ccc12. The van der Waals surface area contributed by atoms with Gasteiger partial charge in [-0.2, -0.15) is 0 Å². The fourth-order valence-corrected chi connectivity index (χ4v) is 3.92. The molecule has 1 fully saturated rings. The van der Waals surface area contributed by atoms with Crippen LogP contribution in [0.4, 0.5) is 5.82 Å². The summed E-state index contributed by atoms with van der Waals surface area (Å²) in [5.74, 6) is 1.23. The van der Waals surface area contributed by atoms with Crippen LogP contribution in [0.2, 0.25) is 0 Å². The number of anilines is 1. The highest BCUT2D eigenvalue weighted by molar-refractivity contribution is 5.82. The maximum atomic E-state index is 12.6. The first kappa shape index (κ1) is 20.0. The molecule has 3 heterocycles. The van der Waals surface area contributed by atoms with Crippen molar-refractivity contribution in [3.05, 3.63) is 70.7 Å². The fraction of sp³-hybridized carbons (Fsp3) is 0.250. The van der Waals surface area contributed by atoms with Crippen molar-refractivity contribution in [2.24, 2.45) is 0 Å². The van der Waals surface area contributed by atoms with E-state index in [0.29, 0.717) is 37.5 Å². The Balaban J connectivity index is 1.19. The largest absolute Gasteiger partial charge is 0.484 e. The molecule has 2 aromatic carbocycles. The second kappa shape index (κ2) is 8.30. The predicted octanol–water partition coefficient (Wildman–Crippen LogP) is 2.77. The van der Waals surface area contributed by atoms with Crippen molar-refractivity contribution in [1.29, 1.82) is 0 Å². The Morgan fingerprint density at radius 1 is 1.06 bits per heavy atom. The topological polar surface area (TPSA) is 88.8 Å². The van der Waals surface area contributed by atoms with Gasteiger partial charge in [-0.3, -0.25) is 9.78 Å². The molecule has 0 unspecified atom stereocenters. The molecular weight excluding hydrogens is 408 g/mol. The third kappa shape index (κ3) is 3.99. The molecule has 1 saturated heterocycles. The third-order valence-corrected chi connectivity index (χ3v) is 5.68. The van der Waals surface area contributed by atoms with Gasteiger partial charge in [-0.05, 0) is 36.8 Å². The van der Waals surface area contributed by atoms with Crippen LogP contribution in [0.5, 0.6) is 5.75 Å². The number of nitrogens with zero attached hydrogens (tertiary/aromatic N) is 4. The van der Waals surface area contributed by atoms with Gasteiger partial charge in [-0.15, -0.1) is 0 Å². The van der Waals surface area contributed by atoms with E-state index in [1.165, 1.54) is 6.07 Å². The van der Waals surface area contributed by atoms with Crippen LogP contribution in [0, 0.1) is 6.92 Å². The van der Waals surface area contributed by atoms with Crippen molar-refractivity contribution in [3.63, 3.8) is 0 Å². The van der Waals surface area contributed by atoms with Crippen molar-refractivity contribution >= 4 is 33.7 Å². The van der Waals surface area contributed by atoms with Crippen LogP contribution in [0.25, 0.3) is 22.0 Å². The number of carbonyl (C=O) groups excluding carboxylic acids is 1. The molecule has 0 radical (unpaired) electrons. The molecular formula is C24H22N4O4. The number of piperazine rings is 1. The van der Waals surface area contributed by atoms with Crippen molar-refractivity contribution in [1.82, 2.24) is 14.9 Å². The predicted molar refractivity (Wildman–Crippen MR) is 121 cm³/mol. The molecule has 5 rings (SSSR count). The number of hydrogen-bond acceptors (Lipinski definition) is 7. The van der Waals surface area contributed by atoms with Crippen LogP contribution >= 0.6 is 0 Å². The van der Waals surface area contributed by atoms with Crippen LogP contribution in [-0.4, -0.2) is 53.6 Å². The zero-order valence-corrected chi connectivity index (χ0v) is 17.7. The van der Waals surface area contributed by atoms with E-state index in [1.807, 2.05) is 37.3 Å². The van der Waals surface area contributed by atoms with E-state index >= 15 is 0 Å². The molecule has 8 nitrogen and oxygen atoms in total. The molecule has 162 valence electrons. The zero-order valence-electron chi connectivity index (χ0n) is 17.7. The van der Waals surface area contributed by atoms with Gasteiger partial charge in [0.1, 0.15) is 17.2 Å². The molecule has 0 atom stereocenters. The maximum absolute atomic E-state index is 12.6. The number of ether oxygens (including phenoxy) is 1. The lowest BCUT2D eigenvalue weighted by Crippen LogP contribution is -2.50. The van der Waals surface area contributed by atoms with Crippen molar-refractivity contribution < 1.29 is 13.9 Å². The second-order valence-corrected chi connectivity index (χ2v) is 7.78. The molecule has 1 aliphatic heterocycles. The number of fused-ring (bicyclic) bond motifs is 2. The van der Waals surface area contributed by atoms with Gasteiger partial charge in [-0.25, -0.2) is 9.78 Å². The summed E-state index contributed by atoms with van der Waals surface area (Å²) in [5.41, 5.74) is 2.61. The third-order valence-electron chi connectivity index (χ3n) is 5.68. The molecule has 0 saturated carbocycles. The number of aromatic nitrogens is 2. The number of rotatable bonds is 4. The number of aryl methyl sites for hydroxylation is 1. The highest BCUT2D eigenvalue weighted by atomic mass is 16.5. The molecule has 0 spiro atoms. The van der Waals surface area contributed by atoms with E-state index in [4.69, 9.17) is 9.15 Å². The summed E-state index contributed by atoms with van der Waals surface area (Å²) in [7, 11) is 0. The molecule has 2 aromatic heterocycles. The first-order valence-electron chi connectivity index (χ1n) is 10.5. The van der Waals surface area contributed by atoms with E-state index in [-0.39, 0.29) is 12.5 Å². The quantitative estimate of drug-likeness (QED) is 0.460. The Bertz CT molecular complexity index is 1360. The number of carbonyl (C=O) groups is 1. The van der Waals surface area contributed by atoms with Crippen molar-refractivity contribution in [3.8, 4) is 5.75 Å². The normalized spacial score (nSPS) is 14.2. The summed E-state index contributed by atoms with van der Waals surface area (Å²) in [4.78, 5) is 37.3. The highest BCUT2D eigenvalue weighted by Gasteiger charge is 2.22. The van der Waals surface area contributed by atoms with Crippen LogP contribution in [0.3, 0.4) is 0 Å². The average molecular weight is 430 g/mol. The summed E-state index contributed by atoms with van der Waals surface area (Å²) in [6.07, 6.45) is 1.78. The van der Waals surface area contributed by atoms with Crippen LogP contribution in [0.1, 0.15) is 5.56 Å². The minimum atomic E-state index is -0.405. The molecule has 0 N–H and O–H groups in total. The van der Waals surface area contributed by atoms with Gasteiger partial charge in [0.25, 0.3) is 5.91 Å². The van der Waals surface area contributed by atoms with Gasteiger partial charge in [-0.1, -0.05) is 12.1 Å². The number of benzene rings is 2. The first-order valence-corrected chi connectivity index (χ1v) is 10.5. The molecule has 8 heteroatoms. The van der Waals surface area contributed by atoms with Gasteiger partial charge in [0.05, 0.1) is 17.2 Å². The monoisotopic (exact) mass is 430 g/mol. The van der Waals surface area contributed by atoms with Crippen molar-refractivity contribution in [2.45, 2.75) is 6.92 Å². The average Bonchev–Trinajstić information content (AvgIpc) is 2.82. The summed E-state index contributed by atoms with van der Waals surface area (Å²) in [5, 5.41) is 0.844. The van der Waals surface area contributed by atoms with Crippen LogP contribution < -0.4 is 15.3 Å². The number of hydrogen-bond donors (Lipinski definition) is 0. The van der Waals surface area contributed by atoms with Crippen molar-refractivity contribution in [2.75, 3.05) is 37.7 Å². The molecule has 32 heavy (non-hydrogen) atoms. The van der Waals surface area contributed by atoms with Gasteiger partial charge in [0.15, 0.2) is 6.61 Å². The Morgan fingerprint density at radius 2 is 1.84 bits per heavy atom. The second-order valence-electron chi connectivity index (χ2n) is 7.78. The highest BCUT2D eigenvalue weighted by Crippen LogP contribution is 2.22. The minimum Gasteiger partial charge on any atom is -0.484 e. The standard InChI is InChI=1S/C24H22N4O4/c1-16-12-24(30)32-21-13-17(6-7-18(16)21)31-15-23(29)28-10-8-27(9-11-28)22-14-25-19-4-2-3-5-20(19)26-22/h2-7,12-14H,8-11,15H2,1H3.